The van der Waals surface area contributed by atoms with Gasteiger partial charge in [0.05, 0.1) is 11.3 Å². The molecule has 0 fully saturated rings. The second kappa shape index (κ2) is 4.88. The molecular formula is C9H12N2O3S. The number of nitrogens with zero attached hydrogens (tertiary/aromatic N) is 1. The van der Waals surface area contributed by atoms with Crippen molar-refractivity contribution in [3.63, 3.8) is 0 Å². The number of carbonyl (C=O) groups excluding carboxylic acids is 1. The van der Waals surface area contributed by atoms with Crippen LogP contribution < -0.4 is 4.72 Å². The van der Waals surface area contributed by atoms with Crippen molar-refractivity contribution in [1.29, 1.82) is 0 Å². The van der Waals surface area contributed by atoms with Crippen LogP contribution in [0.3, 0.4) is 0 Å². The normalized spacial score (nSPS) is 11.0. The van der Waals surface area contributed by atoms with Gasteiger partial charge in [-0.05, 0) is 18.6 Å². The third-order valence-electron chi connectivity index (χ3n) is 1.64. The number of amides is 1. The van der Waals surface area contributed by atoms with Gasteiger partial charge in [0.2, 0.25) is 10.0 Å². The molecule has 6 heteroatoms. The number of hydrogen-bond acceptors (Lipinski definition) is 4. The van der Waals surface area contributed by atoms with E-state index < -0.39 is 15.9 Å². The lowest BCUT2D eigenvalue weighted by atomic mass is 10.3. The maximum absolute atomic E-state index is 11.4. The van der Waals surface area contributed by atoms with Crippen LogP contribution in [-0.2, 0) is 10.0 Å². The van der Waals surface area contributed by atoms with E-state index in [0.717, 1.165) is 0 Å². The summed E-state index contributed by atoms with van der Waals surface area (Å²) in [5.41, 5.74) is 0.233. The molecule has 82 valence electrons. The quantitative estimate of drug-likeness (QED) is 0.816. The maximum atomic E-state index is 11.4. The Morgan fingerprint density at radius 1 is 1.53 bits per heavy atom. The Labute approximate surface area is 88.6 Å². The minimum Gasteiger partial charge on any atom is -0.268 e. The molecule has 0 radical (unpaired) electrons. The summed E-state index contributed by atoms with van der Waals surface area (Å²) in [5, 5.41) is 0. The van der Waals surface area contributed by atoms with Crippen LogP contribution in [0.2, 0.25) is 0 Å². The Hall–Kier alpha value is -1.43. The van der Waals surface area contributed by atoms with Crippen LogP contribution in [0.1, 0.15) is 23.7 Å². The molecule has 1 N–H and O–H groups in total. The van der Waals surface area contributed by atoms with Crippen molar-refractivity contribution in [3.8, 4) is 0 Å². The maximum Gasteiger partial charge on any atom is 0.266 e. The van der Waals surface area contributed by atoms with E-state index in [9.17, 15) is 13.2 Å². The fourth-order valence-corrected chi connectivity index (χ4v) is 2.06. The smallest absolute Gasteiger partial charge is 0.266 e. The third kappa shape index (κ3) is 3.67. The van der Waals surface area contributed by atoms with Gasteiger partial charge >= 0.3 is 0 Å². The van der Waals surface area contributed by atoms with Gasteiger partial charge in [-0.2, -0.15) is 0 Å². The van der Waals surface area contributed by atoms with E-state index in [1.807, 2.05) is 4.72 Å². The average molecular weight is 228 g/mol. The van der Waals surface area contributed by atoms with Gasteiger partial charge in [-0.1, -0.05) is 6.92 Å². The molecule has 0 aliphatic carbocycles. The molecule has 0 aromatic carbocycles. The highest BCUT2D eigenvalue weighted by atomic mass is 32.2. The fourth-order valence-electron chi connectivity index (χ4n) is 1.02. The van der Waals surface area contributed by atoms with Crippen molar-refractivity contribution in [3.05, 3.63) is 30.1 Å². The summed E-state index contributed by atoms with van der Waals surface area (Å²) in [6.45, 7) is 1.73. The highest BCUT2D eigenvalue weighted by Crippen LogP contribution is 1.97. The minimum absolute atomic E-state index is 0.0565. The van der Waals surface area contributed by atoms with Gasteiger partial charge in [0.25, 0.3) is 5.91 Å². The largest absolute Gasteiger partial charge is 0.268 e. The first-order valence-corrected chi connectivity index (χ1v) is 6.15. The van der Waals surface area contributed by atoms with Crippen molar-refractivity contribution >= 4 is 15.9 Å². The standard InChI is InChI=1S/C9H12N2O3S/c1-2-6-15(13,14)11-9(12)8-4-3-5-10-7-8/h3-5,7H,2,6H2,1H3,(H,11,12). The first-order chi connectivity index (χ1) is 7.05. The van der Waals surface area contributed by atoms with Crippen LogP contribution in [0.25, 0.3) is 0 Å². The Bertz CT molecular complexity index is 428. The fraction of sp³-hybridized carbons (Fsp3) is 0.333. The lowest BCUT2D eigenvalue weighted by molar-refractivity contribution is 0.0981. The average Bonchev–Trinajstić information content (AvgIpc) is 2.18. The SMILES string of the molecule is CCCS(=O)(=O)NC(=O)c1cccnc1. The summed E-state index contributed by atoms with van der Waals surface area (Å²) in [4.78, 5) is 15.1. The van der Waals surface area contributed by atoms with Crippen molar-refractivity contribution in [1.82, 2.24) is 9.71 Å². The molecule has 0 aliphatic heterocycles. The van der Waals surface area contributed by atoms with Crippen molar-refractivity contribution in [2.75, 3.05) is 5.75 Å². The Kier molecular flexibility index (Phi) is 3.79. The molecule has 15 heavy (non-hydrogen) atoms. The van der Waals surface area contributed by atoms with Crippen molar-refractivity contribution in [2.45, 2.75) is 13.3 Å². The van der Waals surface area contributed by atoms with Gasteiger partial charge in [-0.25, -0.2) is 13.1 Å². The predicted molar refractivity (Wildman–Crippen MR) is 55.8 cm³/mol. The van der Waals surface area contributed by atoms with Crippen LogP contribution in [-0.4, -0.2) is 25.1 Å². The molecule has 5 nitrogen and oxygen atoms in total. The zero-order chi connectivity index (χ0) is 11.3. The number of pyridine rings is 1. The molecule has 0 saturated heterocycles. The number of rotatable bonds is 4. The number of nitrogens with one attached hydrogen (secondary N) is 1. The zero-order valence-electron chi connectivity index (χ0n) is 8.30. The van der Waals surface area contributed by atoms with Crippen LogP contribution >= 0.6 is 0 Å². The van der Waals surface area contributed by atoms with Crippen LogP contribution in [0, 0.1) is 0 Å². The van der Waals surface area contributed by atoms with Gasteiger partial charge in [0.15, 0.2) is 0 Å². The molecule has 1 aromatic heterocycles. The molecule has 0 aliphatic rings. The molecule has 0 saturated carbocycles. The summed E-state index contributed by atoms with van der Waals surface area (Å²) in [6.07, 6.45) is 3.30. The first-order valence-electron chi connectivity index (χ1n) is 4.50. The second-order valence-corrected chi connectivity index (χ2v) is 4.83. The molecule has 1 rings (SSSR count). The predicted octanol–water partition coefficient (Wildman–Crippen LogP) is 0.551. The monoisotopic (exact) mass is 228 g/mol. The lowest BCUT2D eigenvalue weighted by Crippen LogP contribution is -2.32. The van der Waals surface area contributed by atoms with Crippen LogP contribution in [0.15, 0.2) is 24.5 Å². The van der Waals surface area contributed by atoms with Crippen LogP contribution in [0.5, 0.6) is 0 Å². The van der Waals surface area contributed by atoms with Crippen molar-refractivity contribution in [2.24, 2.45) is 0 Å². The summed E-state index contributed by atoms with van der Waals surface area (Å²) in [7, 11) is -3.51. The van der Waals surface area contributed by atoms with E-state index in [1.165, 1.54) is 18.5 Å². The van der Waals surface area contributed by atoms with E-state index in [4.69, 9.17) is 0 Å². The first kappa shape index (κ1) is 11.6. The van der Waals surface area contributed by atoms with E-state index in [1.54, 1.807) is 13.0 Å². The number of sulfonamides is 1. The van der Waals surface area contributed by atoms with E-state index in [2.05, 4.69) is 4.98 Å². The van der Waals surface area contributed by atoms with Crippen LogP contribution in [0.4, 0.5) is 0 Å². The summed E-state index contributed by atoms with van der Waals surface area (Å²) in [6, 6.07) is 3.07. The van der Waals surface area contributed by atoms with Gasteiger partial charge in [-0.3, -0.25) is 9.78 Å². The summed E-state index contributed by atoms with van der Waals surface area (Å²) in [5.74, 6) is -0.699. The molecule has 0 atom stereocenters. The van der Waals surface area contributed by atoms with Gasteiger partial charge in [0.1, 0.15) is 0 Å². The number of hydrogen-bond donors (Lipinski definition) is 1. The molecule has 0 bridgehead atoms. The summed E-state index contributed by atoms with van der Waals surface area (Å²) < 4.78 is 24.5. The minimum atomic E-state index is -3.51. The van der Waals surface area contributed by atoms with Crippen molar-refractivity contribution < 1.29 is 13.2 Å². The van der Waals surface area contributed by atoms with E-state index in [-0.39, 0.29) is 11.3 Å². The third-order valence-corrected chi connectivity index (χ3v) is 3.09. The van der Waals surface area contributed by atoms with E-state index >= 15 is 0 Å². The lowest BCUT2D eigenvalue weighted by Gasteiger charge is -2.04. The number of aromatic nitrogens is 1. The Morgan fingerprint density at radius 3 is 2.80 bits per heavy atom. The molecular weight excluding hydrogens is 216 g/mol. The molecule has 1 aromatic rings. The second-order valence-electron chi connectivity index (χ2n) is 2.99. The van der Waals surface area contributed by atoms with E-state index in [0.29, 0.717) is 6.42 Å². The molecule has 1 amide bonds. The zero-order valence-corrected chi connectivity index (χ0v) is 9.12. The molecule has 0 unspecified atom stereocenters. The Morgan fingerprint density at radius 2 is 2.27 bits per heavy atom. The highest BCUT2D eigenvalue weighted by Gasteiger charge is 2.14. The molecule has 0 spiro atoms. The van der Waals surface area contributed by atoms with Gasteiger partial charge in [-0.15, -0.1) is 0 Å². The summed E-state index contributed by atoms with van der Waals surface area (Å²) >= 11 is 0. The topological polar surface area (TPSA) is 76.1 Å². The number of carbonyl (C=O) groups is 1. The Balaban J connectivity index is 2.73. The van der Waals surface area contributed by atoms with Gasteiger partial charge < -0.3 is 0 Å². The molecule has 1 heterocycles. The van der Waals surface area contributed by atoms with Gasteiger partial charge in [0, 0.05) is 12.4 Å². The highest BCUT2D eigenvalue weighted by molar-refractivity contribution is 7.90.